The van der Waals surface area contributed by atoms with Crippen LogP contribution in [0, 0.1) is 6.85 Å². The van der Waals surface area contributed by atoms with Gasteiger partial charge in [-0.2, -0.15) is 0 Å². The molecule has 1 aromatic heterocycles. The molecule has 0 bridgehead atoms. The number of ether oxygens (including phenoxy) is 2. The Balaban J connectivity index is 1.60. The number of nitrogens with zero attached hydrogens (tertiary/aromatic N) is 1. The molecular weight excluding hydrogens is 393 g/mol. The number of para-hydroxylation sites is 2. The van der Waals surface area contributed by atoms with E-state index in [2.05, 4.69) is 17.1 Å². The molecule has 0 saturated heterocycles. The van der Waals surface area contributed by atoms with E-state index < -0.39 is 6.85 Å². The van der Waals surface area contributed by atoms with E-state index in [9.17, 15) is 0 Å². The smallest absolute Gasteiger partial charge is 0.260 e. The van der Waals surface area contributed by atoms with Crippen LogP contribution >= 0.6 is 0 Å². The fraction of sp³-hybridized carbons (Fsp3) is 0.179. The van der Waals surface area contributed by atoms with E-state index in [1.807, 2.05) is 75.4 Å². The number of hydrogen-bond acceptors (Lipinski definition) is 3. The van der Waals surface area contributed by atoms with E-state index in [1.165, 1.54) is 6.20 Å². The predicted molar refractivity (Wildman–Crippen MR) is 131 cm³/mol. The molecule has 0 atom stereocenters. The SMILES string of the molecule is [2H]C([2H])([2H])c1cnc(-c2ccc3c4c2Oc2ccccc2B4c2ccccc2O3)cc1C(C)(C)C. The van der Waals surface area contributed by atoms with Gasteiger partial charge in [0.1, 0.15) is 23.0 Å². The summed E-state index contributed by atoms with van der Waals surface area (Å²) in [4.78, 5) is 4.62. The zero-order valence-corrected chi connectivity index (χ0v) is 18.3. The summed E-state index contributed by atoms with van der Waals surface area (Å²) in [5.74, 6) is 3.11. The van der Waals surface area contributed by atoms with Gasteiger partial charge in [-0.25, -0.2) is 0 Å². The van der Waals surface area contributed by atoms with Crippen molar-refractivity contribution in [2.75, 3.05) is 0 Å². The minimum absolute atomic E-state index is 0.0291. The standard InChI is InChI=1S/C28H24BNO2/c1-17-16-30-22(15-19(17)28(2,3)4)18-13-14-25-26-27(18)32-24-12-8-6-10-21(24)29(26)20-9-5-7-11-23(20)31-25/h5-16H,1-4H3/i1D3. The second-order valence-corrected chi connectivity index (χ2v) is 9.43. The van der Waals surface area contributed by atoms with Crippen molar-refractivity contribution >= 4 is 23.1 Å². The van der Waals surface area contributed by atoms with Gasteiger partial charge in [0.15, 0.2) is 0 Å². The number of aromatic nitrogens is 1. The van der Waals surface area contributed by atoms with Crippen molar-refractivity contribution in [3.63, 3.8) is 0 Å². The van der Waals surface area contributed by atoms with Gasteiger partial charge >= 0.3 is 0 Å². The molecule has 4 aromatic rings. The molecule has 0 aliphatic carbocycles. The maximum atomic E-state index is 8.01. The minimum Gasteiger partial charge on any atom is -0.458 e. The molecule has 0 fully saturated rings. The maximum Gasteiger partial charge on any atom is 0.260 e. The molecule has 32 heavy (non-hydrogen) atoms. The van der Waals surface area contributed by atoms with Gasteiger partial charge in [0.25, 0.3) is 6.71 Å². The van der Waals surface area contributed by atoms with Crippen LogP contribution in [0.4, 0.5) is 0 Å². The molecule has 2 aliphatic heterocycles. The molecule has 0 radical (unpaired) electrons. The molecule has 3 nitrogen and oxygen atoms in total. The van der Waals surface area contributed by atoms with E-state index in [1.54, 1.807) is 0 Å². The van der Waals surface area contributed by atoms with E-state index in [-0.39, 0.29) is 17.7 Å². The Kier molecular flexibility index (Phi) is 3.40. The molecule has 4 heteroatoms. The number of pyridine rings is 1. The predicted octanol–water partition coefficient (Wildman–Crippen LogP) is 5.08. The monoisotopic (exact) mass is 420 g/mol. The summed E-state index contributed by atoms with van der Waals surface area (Å²) in [5, 5.41) is 0. The Labute approximate surface area is 193 Å². The molecular formula is C28H24BNO2. The number of aryl methyl sites for hydroxylation is 1. The summed E-state index contributed by atoms with van der Waals surface area (Å²) in [7, 11) is 0. The normalized spacial score (nSPS) is 15.2. The first-order valence-corrected chi connectivity index (χ1v) is 10.8. The highest BCUT2D eigenvalue weighted by atomic mass is 16.5. The largest absolute Gasteiger partial charge is 0.458 e. The lowest BCUT2D eigenvalue weighted by atomic mass is 9.34. The first-order chi connectivity index (χ1) is 16.6. The lowest BCUT2D eigenvalue weighted by Crippen LogP contribution is -2.57. The number of rotatable bonds is 1. The summed E-state index contributed by atoms with van der Waals surface area (Å²) in [6, 6.07) is 22.0. The molecule has 3 heterocycles. The van der Waals surface area contributed by atoms with Crippen LogP contribution in [-0.2, 0) is 5.41 Å². The minimum atomic E-state index is -2.24. The number of hydrogen-bond donors (Lipinski definition) is 0. The van der Waals surface area contributed by atoms with Crippen LogP contribution in [0.3, 0.4) is 0 Å². The average molecular weight is 420 g/mol. The Morgan fingerprint density at radius 3 is 2.22 bits per heavy atom. The fourth-order valence-corrected chi connectivity index (χ4v) is 4.81. The lowest BCUT2D eigenvalue weighted by Gasteiger charge is -2.34. The summed E-state index contributed by atoms with van der Waals surface area (Å²) < 4.78 is 36.8. The van der Waals surface area contributed by atoms with Crippen molar-refractivity contribution in [2.45, 2.75) is 33.0 Å². The van der Waals surface area contributed by atoms with Crippen LogP contribution < -0.4 is 25.9 Å². The maximum absolute atomic E-state index is 8.01. The van der Waals surface area contributed by atoms with Gasteiger partial charge in [0.05, 0.1) is 5.69 Å². The number of benzene rings is 3. The van der Waals surface area contributed by atoms with Gasteiger partial charge in [-0.3, -0.25) is 4.98 Å². The van der Waals surface area contributed by atoms with Gasteiger partial charge in [0, 0.05) is 21.3 Å². The van der Waals surface area contributed by atoms with Crippen LogP contribution in [0.1, 0.15) is 36.0 Å². The quantitative estimate of drug-likeness (QED) is 0.348. The molecule has 0 spiro atoms. The van der Waals surface area contributed by atoms with Crippen LogP contribution in [0.5, 0.6) is 23.0 Å². The zero-order chi connectivity index (χ0) is 24.5. The van der Waals surface area contributed by atoms with Gasteiger partial charge in [-0.15, -0.1) is 0 Å². The van der Waals surface area contributed by atoms with Crippen LogP contribution in [0.2, 0.25) is 0 Å². The van der Waals surface area contributed by atoms with Crippen molar-refractivity contribution in [2.24, 2.45) is 0 Å². The zero-order valence-electron chi connectivity index (χ0n) is 21.3. The highest BCUT2D eigenvalue weighted by Gasteiger charge is 2.41. The van der Waals surface area contributed by atoms with Gasteiger partial charge in [-0.05, 0) is 64.7 Å². The first kappa shape index (κ1) is 16.2. The molecule has 3 aromatic carbocycles. The van der Waals surface area contributed by atoms with E-state index in [4.69, 9.17) is 13.6 Å². The first-order valence-electron chi connectivity index (χ1n) is 12.3. The van der Waals surface area contributed by atoms with Gasteiger partial charge in [-0.1, -0.05) is 57.2 Å². The third kappa shape index (κ3) is 2.79. The topological polar surface area (TPSA) is 31.4 Å². The Morgan fingerprint density at radius 2 is 1.53 bits per heavy atom. The molecule has 156 valence electrons. The summed E-state index contributed by atoms with van der Waals surface area (Å²) in [6.45, 7) is 3.79. The van der Waals surface area contributed by atoms with E-state index >= 15 is 0 Å². The van der Waals surface area contributed by atoms with Crippen LogP contribution in [0.15, 0.2) is 72.9 Å². The number of fused-ring (bicyclic) bond motifs is 4. The average Bonchev–Trinajstić information content (AvgIpc) is 2.82. The van der Waals surface area contributed by atoms with E-state index in [0.717, 1.165) is 44.8 Å². The van der Waals surface area contributed by atoms with E-state index in [0.29, 0.717) is 11.4 Å². The third-order valence-electron chi connectivity index (χ3n) is 6.32. The molecule has 0 amide bonds. The summed E-state index contributed by atoms with van der Waals surface area (Å²) >= 11 is 0. The summed E-state index contributed by atoms with van der Waals surface area (Å²) in [6.07, 6.45) is 1.50. The fourth-order valence-electron chi connectivity index (χ4n) is 4.81. The molecule has 0 unspecified atom stereocenters. The van der Waals surface area contributed by atoms with Crippen molar-refractivity contribution in [3.8, 4) is 34.3 Å². The Bertz CT molecular complexity index is 1480. The summed E-state index contributed by atoms with van der Waals surface area (Å²) in [5.41, 5.74) is 5.31. The Morgan fingerprint density at radius 1 is 0.844 bits per heavy atom. The third-order valence-corrected chi connectivity index (χ3v) is 6.32. The second-order valence-electron chi connectivity index (χ2n) is 9.43. The van der Waals surface area contributed by atoms with Crippen LogP contribution in [-0.4, -0.2) is 11.7 Å². The second kappa shape index (κ2) is 6.73. The molecule has 6 rings (SSSR count). The highest BCUT2D eigenvalue weighted by molar-refractivity contribution is 6.98. The van der Waals surface area contributed by atoms with Crippen molar-refractivity contribution in [1.29, 1.82) is 0 Å². The molecule has 2 aliphatic rings. The van der Waals surface area contributed by atoms with Crippen molar-refractivity contribution < 1.29 is 13.6 Å². The molecule has 0 saturated carbocycles. The van der Waals surface area contributed by atoms with Gasteiger partial charge < -0.3 is 9.47 Å². The van der Waals surface area contributed by atoms with Crippen molar-refractivity contribution in [3.05, 3.63) is 84.1 Å². The highest BCUT2D eigenvalue weighted by Crippen LogP contribution is 2.41. The molecule has 0 N–H and O–H groups in total. The van der Waals surface area contributed by atoms with Crippen LogP contribution in [0.25, 0.3) is 11.3 Å². The van der Waals surface area contributed by atoms with Crippen molar-refractivity contribution in [1.82, 2.24) is 4.98 Å². The lowest BCUT2D eigenvalue weighted by molar-refractivity contribution is 0.465. The Hall–Kier alpha value is -3.53. The van der Waals surface area contributed by atoms with Gasteiger partial charge in [0.2, 0.25) is 0 Å².